The lowest BCUT2D eigenvalue weighted by atomic mass is 9.82. The lowest BCUT2D eigenvalue weighted by Gasteiger charge is -2.28. The van der Waals surface area contributed by atoms with Crippen molar-refractivity contribution in [2.75, 3.05) is 0 Å². The minimum absolute atomic E-state index is 0.0822. The smallest absolute Gasteiger partial charge is 0.309 e. The second-order valence-corrected chi connectivity index (χ2v) is 7.66. The number of carbonyl (C=O) groups excluding carboxylic acids is 1. The van der Waals surface area contributed by atoms with Gasteiger partial charge in [-0.25, -0.2) is 0 Å². The Kier molecular flexibility index (Phi) is 6.90. The molecule has 0 aromatic rings. The monoisotopic (exact) mass is 348 g/mol. The summed E-state index contributed by atoms with van der Waals surface area (Å²) in [7, 11) is 0. The number of rotatable bonds is 9. The zero-order chi connectivity index (χ0) is 18.5. The molecule has 2 rings (SSSR count). The molecule has 25 heavy (non-hydrogen) atoms. The topological polar surface area (TPSA) is 35.5 Å². The summed E-state index contributed by atoms with van der Waals surface area (Å²) in [5.74, 6) is 0.492. The summed E-state index contributed by atoms with van der Waals surface area (Å²) < 4.78 is 12.2. The van der Waals surface area contributed by atoms with Crippen LogP contribution in [0.4, 0.5) is 0 Å². The summed E-state index contributed by atoms with van der Waals surface area (Å²) in [6.07, 6.45) is 14.3. The minimum Gasteiger partial charge on any atom is -0.456 e. The van der Waals surface area contributed by atoms with Crippen LogP contribution in [0.15, 0.2) is 23.8 Å². The Morgan fingerprint density at radius 2 is 2.00 bits per heavy atom. The van der Waals surface area contributed by atoms with Gasteiger partial charge in [-0.15, -0.1) is 0 Å². The van der Waals surface area contributed by atoms with Crippen LogP contribution < -0.4 is 0 Å². The van der Waals surface area contributed by atoms with Gasteiger partial charge in [0.1, 0.15) is 11.7 Å². The van der Waals surface area contributed by atoms with Crippen molar-refractivity contribution in [2.45, 2.75) is 103 Å². The molecule has 0 bridgehead atoms. The fraction of sp³-hybridized carbons (Fsp3) is 0.773. The van der Waals surface area contributed by atoms with Gasteiger partial charge in [0.25, 0.3) is 0 Å². The lowest BCUT2D eigenvalue weighted by molar-refractivity contribution is -0.149. The Morgan fingerprint density at radius 1 is 1.24 bits per heavy atom. The average Bonchev–Trinajstić information content (AvgIpc) is 3.07. The fourth-order valence-electron chi connectivity index (χ4n) is 4.31. The molecule has 4 unspecified atom stereocenters. The van der Waals surface area contributed by atoms with Crippen LogP contribution in [0.1, 0.15) is 86.0 Å². The Bertz CT molecular complexity index is 521. The summed E-state index contributed by atoms with van der Waals surface area (Å²) in [6.45, 7) is 11.0. The Hall–Kier alpha value is -1.09. The van der Waals surface area contributed by atoms with Crippen molar-refractivity contribution in [3.63, 3.8) is 0 Å². The van der Waals surface area contributed by atoms with Gasteiger partial charge in [-0.3, -0.25) is 4.79 Å². The summed E-state index contributed by atoms with van der Waals surface area (Å²) in [5, 5.41) is 0. The van der Waals surface area contributed by atoms with Crippen molar-refractivity contribution in [3.8, 4) is 0 Å². The molecule has 0 aromatic carbocycles. The van der Waals surface area contributed by atoms with E-state index in [0.717, 1.165) is 44.9 Å². The van der Waals surface area contributed by atoms with E-state index in [0.29, 0.717) is 12.3 Å². The molecule has 2 heterocycles. The van der Waals surface area contributed by atoms with Crippen molar-refractivity contribution in [1.82, 2.24) is 0 Å². The van der Waals surface area contributed by atoms with E-state index in [1.807, 2.05) is 0 Å². The number of allylic oxidation sites excluding steroid dienone is 3. The highest BCUT2D eigenvalue weighted by Crippen LogP contribution is 2.50. The Balaban J connectivity index is 2.20. The first-order valence-electron chi connectivity index (χ1n) is 10.2. The third-order valence-electron chi connectivity index (χ3n) is 6.04. The molecule has 3 nitrogen and oxygen atoms in total. The van der Waals surface area contributed by atoms with Gasteiger partial charge in [-0.05, 0) is 44.4 Å². The van der Waals surface area contributed by atoms with E-state index >= 15 is 0 Å². The van der Waals surface area contributed by atoms with Crippen molar-refractivity contribution >= 4 is 5.97 Å². The summed E-state index contributed by atoms with van der Waals surface area (Å²) in [6, 6.07) is 0. The number of ether oxygens (including phenoxy) is 2. The lowest BCUT2D eigenvalue weighted by Crippen LogP contribution is -2.35. The summed E-state index contributed by atoms with van der Waals surface area (Å²) in [5.41, 5.74) is 0.779. The van der Waals surface area contributed by atoms with E-state index in [2.05, 4.69) is 52.8 Å². The van der Waals surface area contributed by atoms with Gasteiger partial charge in [0.05, 0.1) is 12.0 Å². The second kappa shape index (κ2) is 8.53. The maximum Gasteiger partial charge on any atom is 0.309 e. The van der Waals surface area contributed by atoms with Crippen molar-refractivity contribution in [2.24, 2.45) is 5.92 Å². The summed E-state index contributed by atoms with van der Waals surface area (Å²) >= 11 is 0. The molecule has 2 aliphatic rings. The predicted molar refractivity (Wildman–Crippen MR) is 102 cm³/mol. The third-order valence-corrected chi connectivity index (χ3v) is 6.04. The van der Waals surface area contributed by atoms with E-state index in [9.17, 15) is 4.79 Å². The van der Waals surface area contributed by atoms with Crippen LogP contribution in [0.2, 0.25) is 0 Å². The van der Waals surface area contributed by atoms with Crippen LogP contribution >= 0.6 is 0 Å². The minimum atomic E-state index is -0.408. The van der Waals surface area contributed by atoms with E-state index in [1.54, 1.807) is 0 Å². The molecular formula is C22H36O3. The van der Waals surface area contributed by atoms with Gasteiger partial charge in [-0.2, -0.15) is 0 Å². The first kappa shape index (κ1) is 20.2. The molecule has 0 aliphatic carbocycles. The van der Waals surface area contributed by atoms with E-state index < -0.39 is 5.60 Å². The number of fused-ring (bicyclic) bond motifs is 1. The first-order valence-corrected chi connectivity index (χ1v) is 10.2. The molecule has 2 fully saturated rings. The van der Waals surface area contributed by atoms with Crippen LogP contribution in [-0.2, 0) is 14.3 Å². The molecule has 0 saturated carbocycles. The zero-order valence-electron chi connectivity index (χ0n) is 16.8. The maximum atomic E-state index is 11.8. The van der Waals surface area contributed by atoms with Gasteiger partial charge in [0.2, 0.25) is 0 Å². The Labute approximate surface area is 153 Å². The van der Waals surface area contributed by atoms with Crippen LogP contribution in [-0.4, -0.2) is 23.3 Å². The Morgan fingerprint density at radius 3 is 2.52 bits per heavy atom. The quantitative estimate of drug-likeness (QED) is 0.394. The third kappa shape index (κ3) is 4.36. The van der Waals surface area contributed by atoms with Gasteiger partial charge in [0, 0.05) is 6.42 Å². The van der Waals surface area contributed by atoms with E-state index in [1.165, 1.54) is 5.57 Å². The van der Waals surface area contributed by atoms with Gasteiger partial charge in [0.15, 0.2) is 0 Å². The van der Waals surface area contributed by atoms with Gasteiger partial charge < -0.3 is 9.47 Å². The molecule has 142 valence electrons. The first-order chi connectivity index (χ1) is 12.0. The molecule has 2 aliphatic heterocycles. The normalized spacial score (nSPS) is 33.7. The number of hydrogen-bond donors (Lipinski definition) is 0. The predicted octanol–water partition coefficient (Wildman–Crippen LogP) is 5.74. The highest BCUT2D eigenvalue weighted by atomic mass is 16.6. The van der Waals surface area contributed by atoms with Crippen molar-refractivity contribution < 1.29 is 14.3 Å². The number of carbonyl (C=O) groups is 1. The summed E-state index contributed by atoms with van der Waals surface area (Å²) in [4.78, 5) is 11.8. The molecule has 0 amide bonds. The molecule has 2 saturated heterocycles. The molecule has 4 atom stereocenters. The zero-order valence-corrected chi connectivity index (χ0v) is 16.8. The largest absolute Gasteiger partial charge is 0.456 e. The molecule has 0 radical (unpaired) electrons. The van der Waals surface area contributed by atoms with Crippen molar-refractivity contribution in [1.29, 1.82) is 0 Å². The van der Waals surface area contributed by atoms with Crippen LogP contribution in [0.3, 0.4) is 0 Å². The molecule has 3 heteroatoms. The highest BCUT2D eigenvalue weighted by Gasteiger charge is 2.60. The maximum absolute atomic E-state index is 11.8. The number of hydrogen-bond acceptors (Lipinski definition) is 3. The standard InChI is InChI=1S/C22H36O3/c1-6-11-12-17(7-2)13-18(8-3)15-21(9-4)16-22(10-5)19(24-21)14-20(23)25-22/h11-12,15,17,19H,6-10,13-14,16H2,1-5H3. The molecule has 0 aromatic heterocycles. The van der Waals surface area contributed by atoms with Crippen LogP contribution in [0.5, 0.6) is 0 Å². The second-order valence-electron chi connectivity index (χ2n) is 7.66. The van der Waals surface area contributed by atoms with E-state index in [-0.39, 0.29) is 17.7 Å². The average molecular weight is 349 g/mol. The van der Waals surface area contributed by atoms with Crippen molar-refractivity contribution in [3.05, 3.63) is 23.8 Å². The van der Waals surface area contributed by atoms with Gasteiger partial charge >= 0.3 is 5.97 Å². The van der Waals surface area contributed by atoms with Gasteiger partial charge in [-0.1, -0.05) is 58.4 Å². The number of esters is 1. The van der Waals surface area contributed by atoms with Crippen LogP contribution in [0.25, 0.3) is 0 Å². The molecular weight excluding hydrogens is 312 g/mol. The highest BCUT2D eigenvalue weighted by molar-refractivity contribution is 5.73. The fourth-order valence-corrected chi connectivity index (χ4v) is 4.31. The SMILES string of the molecule is CCC=CC(CC)CC(=CC1(CC)CC2(CC)OC(=O)CC2O1)CC. The van der Waals surface area contributed by atoms with Crippen LogP contribution in [0, 0.1) is 5.92 Å². The molecule has 0 N–H and O–H groups in total. The van der Waals surface area contributed by atoms with E-state index in [4.69, 9.17) is 9.47 Å². The molecule has 0 spiro atoms.